The van der Waals surface area contributed by atoms with Crippen LogP contribution in [0.25, 0.3) is 0 Å². The molecule has 6 heteroatoms. The first-order valence-electron chi connectivity index (χ1n) is 8.00. The second kappa shape index (κ2) is 8.95. The first-order chi connectivity index (χ1) is 12.9. The molecule has 0 aliphatic rings. The highest BCUT2D eigenvalue weighted by atomic mass is 79.9. The maximum atomic E-state index is 12.4. The van der Waals surface area contributed by atoms with E-state index < -0.39 is 5.97 Å². The largest absolute Gasteiger partial charge is 0.421 e. The molecule has 0 amide bonds. The number of carbonyl (C=O) groups excluding carboxylic acids is 1. The summed E-state index contributed by atoms with van der Waals surface area (Å²) in [5.41, 5.74) is 3.30. The third-order valence-electron chi connectivity index (χ3n) is 3.69. The van der Waals surface area contributed by atoms with Crippen LogP contribution in [0, 0.1) is 6.92 Å². The van der Waals surface area contributed by atoms with Crippen molar-refractivity contribution >= 4 is 65.7 Å². The second-order valence-corrected chi connectivity index (χ2v) is 8.43. The number of hydrogen-bond donors (Lipinski definition) is 0. The molecule has 0 saturated carbocycles. The van der Waals surface area contributed by atoms with Crippen molar-refractivity contribution in [2.75, 3.05) is 0 Å². The molecule has 0 spiro atoms. The first-order valence-corrected chi connectivity index (χ1v) is 10.4. The lowest BCUT2D eigenvalue weighted by molar-refractivity contribution is 0.0732. The summed E-state index contributed by atoms with van der Waals surface area (Å²) in [6.07, 6.45) is 1.75. The number of rotatable bonds is 4. The summed E-state index contributed by atoms with van der Waals surface area (Å²) >= 11 is 10.3. The summed E-state index contributed by atoms with van der Waals surface area (Å²) in [6, 6.07) is 18.7. The van der Waals surface area contributed by atoms with Gasteiger partial charge in [-0.15, -0.1) is 0 Å². The minimum absolute atomic E-state index is 0.410. The van der Waals surface area contributed by atoms with Crippen LogP contribution in [0.3, 0.4) is 0 Å². The molecule has 0 N–H and O–H groups in total. The number of ether oxygens (including phenoxy) is 1. The van der Waals surface area contributed by atoms with Crippen LogP contribution in [-0.4, -0.2) is 12.2 Å². The van der Waals surface area contributed by atoms with Crippen LogP contribution in [-0.2, 0) is 0 Å². The van der Waals surface area contributed by atoms with Gasteiger partial charge in [-0.3, -0.25) is 4.99 Å². The van der Waals surface area contributed by atoms with E-state index >= 15 is 0 Å². The molecule has 0 aliphatic carbocycles. The SMILES string of the molecule is Cc1ccc(C(=O)Oc2c(Br)cc(C=Nc3ccc(Br)cc3)cc2Br)cc1. The van der Waals surface area contributed by atoms with Crippen LogP contribution in [0.15, 0.2) is 79.1 Å². The summed E-state index contributed by atoms with van der Waals surface area (Å²) in [4.78, 5) is 16.8. The molecule has 3 rings (SSSR count). The van der Waals surface area contributed by atoms with Gasteiger partial charge in [-0.2, -0.15) is 0 Å². The fourth-order valence-electron chi connectivity index (χ4n) is 2.27. The molecule has 0 aromatic heterocycles. The van der Waals surface area contributed by atoms with E-state index in [1.165, 1.54) is 0 Å². The first kappa shape index (κ1) is 20.0. The zero-order valence-electron chi connectivity index (χ0n) is 14.2. The molecule has 0 heterocycles. The maximum absolute atomic E-state index is 12.4. The van der Waals surface area contributed by atoms with Crippen molar-refractivity contribution < 1.29 is 9.53 Å². The van der Waals surface area contributed by atoms with Crippen molar-refractivity contribution in [2.45, 2.75) is 6.92 Å². The Morgan fingerprint density at radius 1 is 0.926 bits per heavy atom. The van der Waals surface area contributed by atoms with Crippen LogP contribution in [0.5, 0.6) is 5.75 Å². The molecule has 136 valence electrons. The van der Waals surface area contributed by atoms with Gasteiger partial charge in [-0.25, -0.2) is 4.79 Å². The average molecular weight is 552 g/mol. The third kappa shape index (κ3) is 5.37. The molecule has 3 aromatic carbocycles. The zero-order valence-corrected chi connectivity index (χ0v) is 19.0. The summed E-state index contributed by atoms with van der Waals surface area (Å²) in [6.45, 7) is 1.97. The highest BCUT2D eigenvalue weighted by Crippen LogP contribution is 2.35. The highest BCUT2D eigenvalue weighted by molar-refractivity contribution is 9.11. The van der Waals surface area contributed by atoms with Crippen LogP contribution in [0.2, 0.25) is 0 Å². The minimum atomic E-state index is -0.410. The third-order valence-corrected chi connectivity index (χ3v) is 5.40. The van der Waals surface area contributed by atoms with Crippen LogP contribution < -0.4 is 4.74 Å². The number of carbonyl (C=O) groups is 1. The molecule has 0 saturated heterocycles. The van der Waals surface area contributed by atoms with Gasteiger partial charge in [-0.05, 0) is 92.9 Å². The van der Waals surface area contributed by atoms with Crippen LogP contribution >= 0.6 is 47.8 Å². The number of hydrogen-bond acceptors (Lipinski definition) is 3. The van der Waals surface area contributed by atoms with Crippen LogP contribution in [0.4, 0.5) is 5.69 Å². The lowest BCUT2D eigenvalue weighted by atomic mass is 10.1. The normalized spacial score (nSPS) is 11.0. The van der Waals surface area contributed by atoms with E-state index in [0.29, 0.717) is 20.3 Å². The quantitative estimate of drug-likeness (QED) is 0.194. The molecule has 0 aliphatic heterocycles. The van der Waals surface area contributed by atoms with Gasteiger partial charge in [0.25, 0.3) is 0 Å². The maximum Gasteiger partial charge on any atom is 0.343 e. The van der Waals surface area contributed by atoms with Gasteiger partial charge in [0.1, 0.15) is 0 Å². The van der Waals surface area contributed by atoms with E-state index in [9.17, 15) is 4.79 Å². The van der Waals surface area contributed by atoms with E-state index in [2.05, 4.69) is 52.8 Å². The van der Waals surface area contributed by atoms with Crippen molar-refractivity contribution in [1.82, 2.24) is 0 Å². The highest BCUT2D eigenvalue weighted by Gasteiger charge is 2.14. The van der Waals surface area contributed by atoms with E-state index in [0.717, 1.165) is 21.3 Å². The number of halogens is 3. The number of aryl methyl sites for hydroxylation is 1. The molecular formula is C21H14Br3NO2. The van der Waals surface area contributed by atoms with E-state index in [4.69, 9.17) is 4.74 Å². The molecule has 0 radical (unpaired) electrons. The van der Waals surface area contributed by atoms with E-state index in [1.807, 2.05) is 55.5 Å². The molecule has 27 heavy (non-hydrogen) atoms. The second-order valence-electron chi connectivity index (χ2n) is 5.80. The molecule has 0 fully saturated rings. The summed E-state index contributed by atoms with van der Waals surface area (Å²) in [5, 5.41) is 0. The van der Waals surface area contributed by atoms with Gasteiger partial charge in [-0.1, -0.05) is 33.6 Å². The fourth-order valence-corrected chi connectivity index (χ4v) is 3.92. The fraction of sp³-hybridized carbons (Fsp3) is 0.0476. The van der Waals surface area contributed by atoms with Gasteiger partial charge >= 0.3 is 5.97 Å². The lowest BCUT2D eigenvalue weighted by Gasteiger charge is -2.10. The minimum Gasteiger partial charge on any atom is -0.421 e. The van der Waals surface area contributed by atoms with Gasteiger partial charge in [0.2, 0.25) is 0 Å². The molecule has 0 bridgehead atoms. The zero-order chi connectivity index (χ0) is 19.4. The number of nitrogens with zero attached hydrogens (tertiary/aromatic N) is 1. The number of esters is 1. The average Bonchev–Trinajstić information content (AvgIpc) is 2.64. The van der Waals surface area contributed by atoms with Crippen molar-refractivity contribution in [3.63, 3.8) is 0 Å². The van der Waals surface area contributed by atoms with Crippen molar-refractivity contribution in [3.05, 3.63) is 90.8 Å². The number of aliphatic imine (C=N–C) groups is 1. The smallest absolute Gasteiger partial charge is 0.343 e. The summed E-state index contributed by atoms with van der Waals surface area (Å²) < 4.78 is 7.88. The van der Waals surface area contributed by atoms with Crippen LogP contribution in [0.1, 0.15) is 21.5 Å². The Bertz CT molecular complexity index is 974. The molecule has 3 nitrogen and oxygen atoms in total. The summed E-state index contributed by atoms with van der Waals surface area (Å²) in [5.74, 6) is 0.0223. The molecular weight excluding hydrogens is 538 g/mol. The topological polar surface area (TPSA) is 38.7 Å². The Morgan fingerprint density at radius 3 is 2.11 bits per heavy atom. The molecule has 0 atom stereocenters. The molecule has 0 unspecified atom stereocenters. The monoisotopic (exact) mass is 549 g/mol. The Morgan fingerprint density at radius 2 is 1.52 bits per heavy atom. The Hall–Kier alpha value is -1.76. The predicted molar refractivity (Wildman–Crippen MR) is 119 cm³/mol. The summed E-state index contributed by atoms with van der Waals surface area (Å²) in [7, 11) is 0. The van der Waals surface area contributed by atoms with Crippen molar-refractivity contribution in [1.29, 1.82) is 0 Å². The van der Waals surface area contributed by atoms with Crippen molar-refractivity contribution in [2.24, 2.45) is 4.99 Å². The Kier molecular flexibility index (Phi) is 6.63. The van der Waals surface area contributed by atoms with Gasteiger partial charge in [0, 0.05) is 10.7 Å². The van der Waals surface area contributed by atoms with Gasteiger partial charge in [0.15, 0.2) is 5.75 Å². The standard InChI is InChI=1S/C21H14Br3NO2/c1-13-2-4-15(5-3-13)21(26)27-20-18(23)10-14(11-19(20)24)12-25-17-8-6-16(22)7-9-17/h2-12H,1H3. The van der Waals surface area contributed by atoms with Gasteiger partial charge < -0.3 is 4.74 Å². The Balaban J connectivity index is 1.79. The molecule has 3 aromatic rings. The lowest BCUT2D eigenvalue weighted by Crippen LogP contribution is -2.09. The van der Waals surface area contributed by atoms with E-state index in [1.54, 1.807) is 18.3 Å². The Labute approximate surface area is 182 Å². The van der Waals surface area contributed by atoms with Crippen molar-refractivity contribution in [3.8, 4) is 5.75 Å². The van der Waals surface area contributed by atoms with Gasteiger partial charge in [0.05, 0.1) is 20.2 Å². The van der Waals surface area contributed by atoms with E-state index in [-0.39, 0.29) is 0 Å². The number of benzene rings is 3. The predicted octanol–water partition coefficient (Wildman–Crippen LogP) is 7.25.